The van der Waals surface area contributed by atoms with Crippen molar-refractivity contribution in [3.05, 3.63) is 59.4 Å². The van der Waals surface area contributed by atoms with E-state index in [-0.39, 0.29) is 18.8 Å². The van der Waals surface area contributed by atoms with Crippen LogP contribution < -0.4 is 9.47 Å². The molecule has 0 amide bonds. The minimum absolute atomic E-state index is 0.111. The van der Waals surface area contributed by atoms with Crippen molar-refractivity contribution in [2.45, 2.75) is 50.5 Å². The minimum Gasteiger partial charge on any atom is -0.496 e. The number of hydrogen-bond acceptors (Lipinski definition) is 9. The fourth-order valence-corrected chi connectivity index (χ4v) is 5.00. The summed E-state index contributed by atoms with van der Waals surface area (Å²) < 4.78 is 46.1. The fourth-order valence-electron chi connectivity index (χ4n) is 5.00. The number of ketones is 1. The maximum atomic E-state index is 13.6. The molecule has 4 unspecified atom stereocenters. The van der Waals surface area contributed by atoms with Gasteiger partial charge in [0.1, 0.15) is 47.1 Å². The fraction of sp³-hybridized carbons (Fsp3) is 0.483. The molecule has 9 nitrogen and oxygen atoms in total. The Morgan fingerprint density at radius 3 is 2.32 bits per heavy atom. The largest absolute Gasteiger partial charge is 0.496 e. The van der Waals surface area contributed by atoms with Gasteiger partial charge in [-0.15, -0.1) is 0 Å². The molecule has 2 heterocycles. The van der Waals surface area contributed by atoms with Gasteiger partial charge in [0, 0.05) is 40.2 Å². The smallest absolute Gasteiger partial charge is 0.229 e. The molecule has 1 aliphatic rings. The van der Waals surface area contributed by atoms with Gasteiger partial charge in [0.2, 0.25) is 6.29 Å². The first-order valence-corrected chi connectivity index (χ1v) is 12.5. The highest BCUT2D eigenvalue weighted by Gasteiger charge is 2.48. The SMILES string of the molecule is COC[C@H]1OC(Oc2cc(C)cc(OC)c2C(=O)CCc2ccc3occc3c2)C(OC)C(OC)C1OC. The third-order valence-electron chi connectivity index (χ3n) is 6.85. The molecule has 206 valence electrons. The number of carbonyl (C=O) groups excluding carboxylic acids is 1. The van der Waals surface area contributed by atoms with E-state index >= 15 is 0 Å². The lowest BCUT2D eigenvalue weighted by molar-refractivity contribution is -0.292. The van der Waals surface area contributed by atoms with Gasteiger partial charge < -0.3 is 37.6 Å². The first-order chi connectivity index (χ1) is 18.4. The zero-order valence-corrected chi connectivity index (χ0v) is 22.7. The number of hydrogen-bond donors (Lipinski definition) is 0. The summed E-state index contributed by atoms with van der Waals surface area (Å²) in [6.45, 7) is 2.17. The Balaban J connectivity index is 1.61. The number of ether oxygens (including phenoxy) is 7. The highest BCUT2D eigenvalue weighted by atomic mass is 16.7. The molecule has 2 aromatic carbocycles. The number of fused-ring (bicyclic) bond motifs is 1. The number of rotatable bonds is 12. The van der Waals surface area contributed by atoms with Crippen LogP contribution in [0.15, 0.2) is 47.1 Å². The lowest BCUT2D eigenvalue weighted by atomic mass is 9.97. The van der Waals surface area contributed by atoms with Gasteiger partial charge in [0.15, 0.2) is 5.78 Å². The summed E-state index contributed by atoms with van der Waals surface area (Å²) in [6.07, 6.45) is -0.465. The van der Waals surface area contributed by atoms with Gasteiger partial charge in [-0.05, 0) is 54.8 Å². The monoisotopic (exact) mass is 528 g/mol. The van der Waals surface area contributed by atoms with E-state index in [0.29, 0.717) is 23.5 Å². The molecule has 0 bridgehead atoms. The van der Waals surface area contributed by atoms with Crippen molar-refractivity contribution in [2.75, 3.05) is 42.2 Å². The Morgan fingerprint density at radius 2 is 1.63 bits per heavy atom. The van der Waals surface area contributed by atoms with Crippen LogP contribution in [0.3, 0.4) is 0 Å². The van der Waals surface area contributed by atoms with E-state index in [4.69, 9.17) is 37.6 Å². The molecule has 1 saturated heterocycles. The van der Waals surface area contributed by atoms with Crippen molar-refractivity contribution < 1.29 is 42.4 Å². The molecule has 0 saturated carbocycles. The quantitative estimate of drug-likeness (QED) is 0.318. The Labute approximate surface area is 222 Å². The summed E-state index contributed by atoms with van der Waals surface area (Å²) in [4.78, 5) is 13.6. The second-order valence-electron chi connectivity index (χ2n) is 9.27. The molecule has 9 heteroatoms. The van der Waals surface area contributed by atoms with Gasteiger partial charge in [-0.1, -0.05) is 6.07 Å². The second kappa shape index (κ2) is 12.7. The van der Waals surface area contributed by atoms with Gasteiger partial charge >= 0.3 is 0 Å². The van der Waals surface area contributed by atoms with Crippen LogP contribution in [-0.2, 0) is 30.1 Å². The van der Waals surface area contributed by atoms with E-state index in [1.165, 1.54) is 7.11 Å². The molecule has 0 radical (unpaired) electrons. The summed E-state index contributed by atoms with van der Waals surface area (Å²) in [7, 11) is 7.85. The minimum atomic E-state index is -0.891. The first kappa shape index (κ1) is 28.1. The van der Waals surface area contributed by atoms with E-state index in [1.807, 2.05) is 37.3 Å². The zero-order valence-electron chi connectivity index (χ0n) is 22.7. The molecule has 1 fully saturated rings. The lowest BCUT2D eigenvalue weighted by Crippen LogP contribution is -2.62. The summed E-state index contributed by atoms with van der Waals surface area (Å²) in [5, 5.41) is 1.000. The number of benzene rings is 2. The molecule has 1 aromatic heterocycles. The first-order valence-electron chi connectivity index (χ1n) is 12.5. The number of furan rings is 1. The standard InChI is InChI=1S/C29H36O9/c1-17-13-22(32-3)25(20(30)9-7-18-8-10-21-19(15-18)11-12-36-21)23(14-17)37-29-28(35-6)27(34-5)26(33-4)24(38-29)16-31-2/h8,10-15,24,26-29H,7,9,16H2,1-6H3/t24-,26?,27?,28?,29?/m1/s1. The van der Waals surface area contributed by atoms with Crippen LogP contribution in [0.1, 0.15) is 27.9 Å². The van der Waals surface area contributed by atoms with Gasteiger partial charge in [-0.3, -0.25) is 4.79 Å². The van der Waals surface area contributed by atoms with Gasteiger partial charge in [0.05, 0.1) is 20.0 Å². The molecule has 38 heavy (non-hydrogen) atoms. The molecule has 0 aliphatic carbocycles. The topological polar surface area (TPSA) is 94.8 Å². The van der Waals surface area contributed by atoms with Crippen molar-refractivity contribution in [1.29, 1.82) is 0 Å². The van der Waals surface area contributed by atoms with E-state index in [0.717, 1.165) is 22.1 Å². The normalized spacial score (nSPS) is 23.5. The van der Waals surface area contributed by atoms with Gasteiger partial charge in [0.25, 0.3) is 0 Å². The second-order valence-corrected chi connectivity index (χ2v) is 9.27. The predicted octanol–water partition coefficient (Wildman–Crippen LogP) is 4.36. The van der Waals surface area contributed by atoms with Crippen LogP contribution in [0, 0.1) is 6.92 Å². The van der Waals surface area contributed by atoms with Crippen LogP contribution in [0.25, 0.3) is 11.0 Å². The Morgan fingerprint density at radius 1 is 0.895 bits per heavy atom. The number of aryl methyl sites for hydroxylation is 2. The summed E-state index contributed by atoms with van der Waals surface area (Å²) >= 11 is 0. The highest BCUT2D eigenvalue weighted by Crippen LogP contribution is 2.36. The molecular formula is C29H36O9. The molecule has 5 atom stereocenters. The average molecular weight is 529 g/mol. The zero-order chi connectivity index (χ0) is 27.2. The van der Waals surface area contributed by atoms with Crippen LogP contribution >= 0.6 is 0 Å². The van der Waals surface area contributed by atoms with E-state index < -0.39 is 30.7 Å². The van der Waals surface area contributed by atoms with Crippen LogP contribution in [-0.4, -0.2) is 78.6 Å². The lowest BCUT2D eigenvalue weighted by Gasteiger charge is -2.44. The van der Waals surface area contributed by atoms with Crippen molar-refractivity contribution in [3.63, 3.8) is 0 Å². The van der Waals surface area contributed by atoms with Crippen LogP contribution in [0.2, 0.25) is 0 Å². The third-order valence-corrected chi connectivity index (χ3v) is 6.85. The Kier molecular flexibility index (Phi) is 9.40. The predicted molar refractivity (Wildman–Crippen MR) is 140 cm³/mol. The van der Waals surface area contributed by atoms with E-state index in [1.54, 1.807) is 40.8 Å². The molecule has 4 rings (SSSR count). The third kappa shape index (κ3) is 5.87. The molecule has 0 spiro atoms. The maximum Gasteiger partial charge on any atom is 0.229 e. The Bertz CT molecular complexity index is 1220. The van der Waals surface area contributed by atoms with E-state index in [2.05, 4.69) is 0 Å². The molecule has 1 aliphatic heterocycles. The number of methoxy groups -OCH3 is 5. The highest BCUT2D eigenvalue weighted by molar-refractivity contribution is 6.01. The van der Waals surface area contributed by atoms with Crippen LogP contribution in [0.5, 0.6) is 11.5 Å². The molecule has 3 aromatic rings. The van der Waals surface area contributed by atoms with Crippen molar-refractivity contribution in [3.8, 4) is 11.5 Å². The van der Waals surface area contributed by atoms with Crippen molar-refractivity contribution >= 4 is 16.8 Å². The van der Waals surface area contributed by atoms with Gasteiger partial charge in [-0.25, -0.2) is 0 Å². The van der Waals surface area contributed by atoms with E-state index in [9.17, 15) is 4.79 Å². The number of carbonyl (C=O) groups is 1. The summed E-state index contributed by atoms with van der Waals surface area (Å²) in [6, 6.07) is 11.4. The van der Waals surface area contributed by atoms with Crippen LogP contribution in [0.4, 0.5) is 0 Å². The van der Waals surface area contributed by atoms with Gasteiger partial charge in [-0.2, -0.15) is 0 Å². The average Bonchev–Trinajstić information content (AvgIpc) is 3.39. The number of Topliss-reactive ketones (excluding diaryl/α,β-unsaturated/α-hetero) is 1. The maximum absolute atomic E-state index is 13.6. The van der Waals surface area contributed by atoms with Crippen molar-refractivity contribution in [1.82, 2.24) is 0 Å². The van der Waals surface area contributed by atoms with Crippen molar-refractivity contribution in [2.24, 2.45) is 0 Å². The molecule has 0 N–H and O–H groups in total. The summed E-state index contributed by atoms with van der Waals surface area (Å²) in [5.41, 5.74) is 3.07. The summed E-state index contributed by atoms with van der Waals surface area (Å²) in [5.74, 6) is 0.679. The Hall–Kier alpha value is -2.95. The molecular weight excluding hydrogens is 492 g/mol.